The molecule has 1 atom stereocenters. The van der Waals surface area contributed by atoms with Gasteiger partial charge in [-0.05, 0) is 28.9 Å². The maximum absolute atomic E-state index is 12.1. The minimum atomic E-state index is -0.0409. The fourth-order valence-electron chi connectivity index (χ4n) is 1.72. The van der Waals surface area contributed by atoms with Crippen LogP contribution in [0.15, 0.2) is 21.2 Å². The van der Waals surface area contributed by atoms with Crippen LogP contribution in [0.2, 0.25) is 0 Å². The number of carbonyl (C=O) groups is 1. The molecule has 1 aliphatic rings. The molecule has 16 heavy (non-hydrogen) atoms. The molecule has 2 heterocycles. The molecule has 0 aliphatic carbocycles. The Morgan fingerprint density at radius 3 is 3.00 bits per heavy atom. The number of carbonyl (C=O) groups excluding carboxylic acids is 1. The van der Waals surface area contributed by atoms with Gasteiger partial charge in [0.25, 0.3) is 5.91 Å². The van der Waals surface area contributed by atoms with Crippen molar-refractivity contribution in [1.82, 2.24) is 10.2 Å². The molecule has 1 amide bonds. The summed E-state index contributed by atoms with van der Waals surface area (Å²) in [6.45, 7) is 4.44. The average Bonchev–Trinajstić information content (AvgIpc) is 2.64. The summed E-state index contributed by atoms with van der Waals surface area (Å²) in [5, 5.41) is 3.24. The number of nitrogens with zero attached hydrogens (tertiary/aromatic N) is 1. The van der Waals surface area contributed by atoms with Crippen molar-refractivity contribution in [3.63, 3.8) is 0 Å². The van der Waals surface area contributed by atoms with Gasteiger partial charge in [-0.2, -0.15) is 0 Å². The molecule has 90 valence electrons. The highest BCUT2D eigenvalue weighted by molar-refractivity contribution is 9.10. The van der Waals surface area contributed by atoms with Crippen molar-refractivity contribution in [3.8, 4) is 0 Å². The number of rotatable bonds is 1. The minimum Gasteiger partial charge on any atom is -0.458 e. The topological polar surface area (TPSA) is 45.5 Å². The van der Waals surface area contributed by atoms with E-state index in [1.54, 1.807) is 6.07 Å². The number of hydrogen-bond acceptors (Lipinski definition) is 3. The molecule has 0 radical (unpaired) electrons. The van der Waals surface area contributed by atoms with Crippen LogP contribution >= 0.6 is 28.3 Å². The number of halogens is 2. The van der Waals surface area contributed by atoms with Gasteiger partial charge in [-0.1, -0.05) is 0 Å². The van der Waals surface area contributed by atoms with Crippen LogP contribution in [-0.2, 0) is 0 Å². The SMILES string of the molecule is C[C@@H]1CNCCN1C(=O)c1occc1Br.Cl. The van der Waals surface area contributed by atoms with Gasteiger partial charge in [0.05, 0.1) is 10.7 Å². The number of nitrogens with one attached hydrogen (secondary N) is 1. The van der Waals surface area contributed by atoms with E-state index < -0.39 is 0 Å². The molecule has 2 rings (SSSR count). The van der Waals surface area contributed by atoms with E-state index >= 15 is 0 Å². The van der Waals surface area contributed by atoms with Gasteiger partial charge < -0.3 is 14.6 Å². The number of furan rings is 1. The highest BCUT2D eigenvalue weighted by Gasteiger charge is 2.27. The Labute approximate surface area is 109 Å². The molecule has 1 aromatic heterocycles. The van der Waals surface area contributed by atoms with Crippen molar-refractivity contribution in [3.05, 3.63) is 22.6 Å². The predicted molar refractivity (Wildman–Crippen MR) is 67.0 cm³/mol. The zero-order valence-corrected chi connectivity index (χ0v) is 11.3. The van der Waals surface area contributed by atoms with E-state index in [1.807, 2.05) is 11.8 Å². The quantitative estimate of drug-likeness (QED) is 0.862. The van der Waals surface area contributed by atoms with Gasteiger partial charge in [-0.25, -0.2) is 0 Å². The van der Waals surface area contributed by atoms with Crippen LogP contribution in [0.4, 0.5) is 0 Å². The second-order valence-corrected chi connectivity index (χ2v) is 4.50. The van der Waals surface area contributed by atoms with E-state index in [2.05, 4.69) is 21.2 Å². The number of piperazine rings is 1. The summed E-state index contributed by atoms with van der Waals surface area (Å²) in [5.74, 6) is 0.352. The molecule has 0 aromatic carbocycles. The molecule has 6 heteroatoms. The van der Waals surface area contributed by atoms with Crippen LogP contribution < -0.4 is 5.32 Å². The van der Waals surface area contributed by atoms with Crippen LogP contribution in [-0.4, -0.2) is 36.5 Å². The van der Waals surface area contributed by atoms with Crippen molar-refractivity contribution in [2.45, 2.75) is 13.0 Å². The first-order valence-electron chi connectivity index (χ1n) is 4.95. The first-order chi connectivity index (χ1) is 7.20. The number of amides is 1. The van der Waals surface area contributed by atoms with E-state index in [4.69, 9.17) is 4.42 Å². The van der Waals surface area contributed by atoms with E-state index in [-0.39, 0.29) is 24.4 Å². The minimum absolute atomic E-state index is 0. The molecule has 4 nitrogen and oxygen atoms in total. The Balaban J connectivity index is 0.00000128. The summed E-state index contributed by atoms with van der Waals surface area (Å²) in [7, 11) is 0. The van der Waals surface area contributed by atoms with Gasteiger partial charge in [-0.15, -0.1) is 12.4 Å². The van der Waals surface area contributed by atoms with Crippen molar-refractivity contribution in [2.75, 3.05) is 19.6 Å². The molecular formula is C10H14BrClN2O2. The van der Waals surface area contributed by atoms with Gasteiger partial charge >= 0.3 is 0 Å². The lowest BCUT2D eigenvalue weighted by molar-refractivity contribution is 0.0622. The predicted octanol–water partition coefficient (Wildman–Crippen LogP) is 1.90. The monoisotopic (exact) mass is 308 g/mol. The van der Waals surface area contributed by atoms with Gasteiger partial charge in [-0.3, -0.25) is 4.79 Å². The van der Waals surface area contributed by atoms with Crippen molar-refractivity contribution >= 4 is 34.2 Å². The summed E-state index contributed by atoms with van der Waals surface area (Å²) < 4.78 is 5.89. The first kappa shape index (κ1) is 13.5. The van der Waals surface area contributed by atoms with E-state index in [0.29, 0.717) is 5.76 Å². The van der Waals surface area contributed by atoms with Crippen LogP contribution in [0.3, 0.4) is 0 Å². The third-order valence-electron chi connectivity index (χ3n) is 2.57. The summed E-state index contributed by atoms with van der Waals surface area (Å²) in [6.07, 6.45) is 1.52. The summed E-state index contributed by atoms with van der Waals surface area (Å²) in [6, 6.07) is 1.95. The fourth-order valence-corrected chi connectivity index (χ4v) is 2.09. The Morgan fingerprint density at radius 2 is 2.44 bits per heavy atom. The molecule has 1 saturated heterocycles. The lowest BCUT2D eigenvalue weighted by atomic mass is 10.2. The molecule has 1 N–H and O–H groups in total. The number of hydrogen-bond donors (Lipinski definition) is 1. The maximum atomic E-state index is 12.1. The highest BCUT2D eigenvalue weighted by Crippen LogP contribution is 2.20. The standard InChI is InChI=1S/C10H13BrN2O2.ClH/c1-7-6-12-3-4-13(7)10(14)9-8(11)2-5-15-9;/h2,5,7,12H,3-4,6H2,1H3;1H/t7-;/m1./s1. The normalized spacial score (nSPS) is 20.4. The summed E-state index contributed by atoms with van der Waals surface area (Å²) >= 11 is 3.30. The van der Waals surface area contributed by atoms with Crippen LogP contribution in [0.5, 0.6) is 0 Å². The van der Waals surface area contributed by atoms with Crippen LogP contribution in [0.25, 0.3) is 0 Å². The van der Waals surface area contributed by atoms with E-state index in [0.717, 1.165) is 24.1 Å². The average molecular weight is 310 g/mol. The smallest absolute Gasteiger partial charge is 0.291 e. The van der Waals surface area contributed by atoms with Crippen LogP contribution in [0, 0.1) is 0 Å². The molecule has 0 unspecified atom stereocenters. The Bertz CT molecular complexity index is 369. The Morgan fingerprint density at radius 1 is 1.69 bits per heavy atom. The maximum Gasteiger partial charge on any atom is 0.291 e. The zero-order chi connectivity index (χ0) is 10.8. The molecule has 0 saturated carbocycles. The van der Waals surface area contributed by atoms with Gasteiger partial charge in [0, 0.05) is 25.7 Å². The molecule has 1 aliphatic heterocycles. The Kier molecular flexibility index (Phi) is 4.83. The highest BCUT2D eigenvalue weighted by atomic mass is 79.9. The first-order valence-corrected chi connectivity index (χ1v) is 5.74. The fraction of sp³-hybridized carbons (Fsp3) is 0.500. The summed E-state index contributed by atoms with van der Waals surface area (Å²) in [5.41, 5.74) is 0. The van der Waals surface area contributed by atoms with E-state index in [9.17, 15) is 4.79 Å². The zero-order valence-electron chi connectivity index (χ0n) is 8.90. The molecule has 0 spiro atoms. The molecule has 1 aromatic rings. The summed E-state index contributed by atoms with van der Waals surface area (Å²) in [4.78, 5) is 13.9. The lowest BCUT2D eigenvalue weighted by Gasteiger charge is -2.33. The van der Waals surface area contributed by atoms with Crippen molar-refractivity contribution in [2.24, 2.45) is 0 Å². The lowest BCUT2D eigenvalue weighted by Crippen LogP contribution is -2.52. The third-order valence-corrected chi connectivity index (χ3v) is 3.20. The second kappa shape index (κ2) is 5.70. The largest absolute Gasteiger partial charge is 0.458 e. The Hall–Kier alpha value is -0.520. The van der Waals surface area contributed by atoms with Gasteiger partial charge in [0.2, 0.25) is 5.76 Å². The molecule has 1 fully saturated rings. The van der Waals surface area contributed by atoms with Crippen LogP contribution in [0.1, 0.15) is 17.5 Å². The van der Waals surface area contributed by atoms with Gasteiger partial charge in [0.1, 0.15) is 0 Å². The van der Waals surface area contributed by atoms with E-state index in [1.165, 1.54) is 6.26 Å². The second-order valence-electron chi connectivity index (χ2n) is 3.65. The molecule has 0 bridgehead atoms. The van der Waals surface area contributed by atoms with Gasteiger partial charge in [0.15, 0.2) is 0 Å². The van der Waals surface area contributed by atoms with Crippen molar-refractivity contribution in [1.29, 1.82) is 0 Å². The van der Waals surface area contributed by atoms with Crippen molar-refractivity contribution < 1.29 is 9.21 Å². The molecular weight excluding hydrogens is 295 g/mol. The third kappa shape index (κ3) is 2.59.